The third-order valence-corrected chi connectivity index (χ3v) is 12.0. The molecule has 0 bridgehead atoms. The molecule has 3 nitrogen and oxygen atoms in total. The topological polar surface area (TPSA) is 57.5 Å². The number of carboxylic acids is 1. The van der Waals surface area contributed by atoms with Gasteiger partial charge in [0.05, 0.1) is 12.5 Å². The molecular weight excluding hydrogens is 420 g/mol. The Balaban J connectivity index is 1.72. The van der Waals surface area contributed by atoms with Crippen LogP contribution in [0.1, 0.15) is 126 Å². The minimum Gasteiger partial charge on any atom is -0.481 e. The van der Waals surface area contributed by atoms with Crippen molar-refractivity contribution >= 4 is 5.97 Å². The molecule has 0 heterocycles. The molecule has 0 radical (unpaired) electrons. The van der Waals surface area contributed by atoms with Crippen molar-refractivity contribution in [3.8, 4) is 0 Å². The van der Waals surface area contributed by atoms with Crippen LogP contribution >= 0.6 is 0 Å². The maximum Gasteiger partial charge on any atom is 0.304 e. The summed E-state index contributed by atoms with van der Waals surface area (Å²) in [7, 11) is 0. The van der Waals surface area contributed by atoms with Crippen molar-refractivity contribution in [2.75, 3.05) is 0 Å². The lowest BCUT2D eigenvalue weighted by Crippen LogP contribution is -2.55. The first-order valence-electron chi connectivity index (χ1n) is 14.4. The van der Waals surface area contributed by atoms with Crippen LogP contribution in [0.2, 0.25) is 0 Å². The summed E-state index contributed by atoms with van der Waals surface area (Å²) in [4.78, 5) is 12.4. The number of rotatable bonds is 7. The highest BCUT2D eigenvalue weighted by molar-refractivity contribution is 5.69. The maximum absolute atomic E-state index is 12.4. The molecule has 0 aromatic heterocycles. The number of hydrogen-bond donors (Lipinski definition) is 2. The van der Waals surface area contributed by atoms with E-state index in [0.717, 1.165) is 50.9 Å². The van der Waals surface area contributed by atoms with Crippen LogP contribution in [0.5, 0.6) is 0 Å². The van der Waals surface area contributed by atoms with E-state index < -0.39 is 5.97 Å². The molecule has 7 atom stereocenters. The van der Waals surface area contributed by atoms with Gasteiger partial charge in [-0.1, -0.05) is 78.9 Å². The lowest BCUT2D eigenvalue weighted by Gasteiger charge is -2.62. The average Bonchev–Trinajstić information content (AvgIpc) is 3.03. The SMILES string of the molecule is CC(C)CCC[C@@H](C)[C@H]1CC[C@@]2(CC(=O)O)C3=C(CC[C@]12C)[C@@]1(C)CC[C@H](O)C(C)(C)C1CC3. The minimum atomic E-state index is -0.611. The van der Waals surface area contributed by atoms with Crippen molar-refractivity contribution in [2.45, 2.75) is 132 Å². The summed E-state index contributed by atoms with van der Waals surface area (Å²) in [6.45, 7) is 16.6. The van der Waals surface area contributed by atoms with Gasteiger partial charge >= 0.3 is 5.97 Å². The third-order valence-electron chi connectivity index (χ3n) is 12.0. The Labute approximate surface area is 209 Å². The standard InChI is InChI=1S/C31H52O3/c1-20(2)9-8-10-21(3)22-14-18-31(19-27(33)34)24-11-12-25-28(4,5)26(32)15-16-29(25,6)23(24)13-17-30(22,31)7/h20-22,25-26,32H,8-19H2,1-7H3,(H,33,34)/t21-,22-,25?,26+,29-,30-,31-/m1/s1. The molecule has 194 valence electrons. The Bertz CT molecular complexity index is 825. The van der Waals surface area contributed by atoms with E-state index in [1.165, 1.54) is 25.7 Å². The lowest BCUT2D eigenvalue weighted by atomic mass is 9.42. The summed E-state index contributed by atoms with van der Waals surface area (Å²) in [5.74, 6) is 1.93. The number of hydrogen-bond acceptors (Lipinski definition) is 2. The highest BCUT2D eigenvalue weighted by Gasteiger charge is 2.65. The fraction of sp³-hybridized carbons (Fsp3) is 0.903. The smallest absolute Gasteiger partial charge is 0.304 e. The number of aliphatic carboxylic acids is 1. The number of carbonyl (C=O) groups is 1. The third kappa shape index (κ3) is 3.82. The van der Waals surface area contributed by atoms with Crippen molar-refractivity contribution < 1.29 is 15.0 Å². The van der Waals surface area contributed by atoms with Gasteiger partial charge in [-0.25, -0.2) is 0 Å². The largest absolute Gasteiger partial charge is 0.481 e. The van der Waals surface area contributed by atoms with Crippen molar-refractivity contribution in [1.29, 1.82) is 0 Å². The normalized spacial score (nSPS) is 42.2. The predicted octanol–water partition coefficient (Wildman–Crippen LogP) is 8.01. The highest BCUT2D eigenvalue weighted by atomic mass is 16.4. The fourth-order valence-electron chi connectivity index (χ4n) is 10.1. The fourth-order valence-corrected chi connectivity index (χ4v) is 10.1. The van der Waals surface area contributed by atoms with E-state index in [1.807, 2.05) is 0 Å². The summed E-state index contributed by atoms with van der Waals surface area (Å²) in [5.41, 5.74) is 3.15. The van der Waals surface area contributed by atoms with Gasteiger partial charge in [-0.15, -0.1) is 0 Å². The Morgan fingerprint density at radius 1 is 0.941 bits per heavy atom. The zero-order valence-corrected chi connectivity index (χ0v) is 23.2. The Morgan fingerprint density at radius 2 is 1.65 bits per heavy atom. The van der Waals surface area contributed by atoms with E-state index in [0.29, 0.717) is 24.2 Å². The second kappa shape index (κ2) is 8.93. The van der Waals surface area contributed by atoms with Crippen LogP contribution in [0.15, 0.2) is 11.1 Å². The summed E-state index contributed by atoms with van der Waals surface area (Å²) in [5, 5.41) is 21.1. The number of allylic oxidation sites excluding steroid dienone is 2. The average molecular weight is 473 g/mol. The summed E-state index contributed by atoms with van der Waals surface area (Å²) in [6, 6.07) is 0. The van der Waals surface area contributed by atoms with Gasteiger partial charge in [0.25, 0.3) is 0 Å². The van der Waals surface area contributed by atoms with E-state index >= 15 is 0 Å². The van der Waals surface area contributed by atoms with Crippen LogP contribution < -0.4 is 0 Å². The Kier molecular flexibility index (Phi) is 6.89. The number of aliphatic hydroxyl groups is 1. The molecule has 2 fully saturated rings. The van der Waals surface area contributed by atoms with Crippen molar-refractivity contribution in [2.24, 2.45) is 45.3 Å². The first kappa shape index (κ1) is 26.2. The molecule has 4 aliphatic rings. The molecule has 0 saturated heterocycles. The van der Waals surface area contributed by atoms with Gasteiger partial charge in [0.1, 0.15) is 0 Å². The Hall–Kier alpha value is -0.830. The number of carboxylic acid groups (broad SMARTS) is 1. The predicted molar refractivity (Wildman–Crippen MR) is 139 cm³/mol. The molecule has 0 amide bonds. The second-order valence-corrected chi connectivity index (χ2v) is 14.4. The first-order valence-corrected chi connectivity index (χ1v) is 14.4. The molecule has 0 spiro atoms. The van der Waals surface area contributed by atoms with Crippen LogP contribution in [0.25, 0.3) is 0 Å². The molecule has 2 saturated carbocycles. The lowest BCUT2D eigenvalue weighted by molar-refractivity contribution is -0.142. The summed E-state index contributed by atoms with van der Waals surface area (Å²) in [6.07, 6.45) is 12.5. The van der Waals surface area contributed by atoms with Crippen molar-refractivity contribution in [1.82, 2.24) is 0 Å². The molecule has 34 heavy (non-hydrogen) atoms. The van der Waals surface area contributed by atoms with Gasteiger partial charge < -0.3 is 10.2 Å². The van der Waals surface area contributed by atoms with E-state index in [4.69, 9.17) is 0 Å². The van der Waals surface area contributed by atoms with Gasteiger partial charge in [-0.2, -0.15) is 0 Å². The quantitative estimate of drug-likeness (QED) is 0.369. The van der Waals surface area contributed by atoms with E-state index in [1.54, 1.807) is 11.1 Å². The van der Waals surface area contributed by atoms with Crippen LogP contribution in [-0.4, -0.2) is 22.3 Å². The molecule has 2 N–H and O–H groups in total. The van der Waals surface area contributed by atoms with E-state index in [9.17, 15) is 15.0 Å². The molecule has 4 rings (SSSR count). The summed E-state index contributed by atoms with van der Waals surface area (Å²) >= 11 is 0. The molecule has 0 aliphatic heterocycles. The van der Waals surface area contributed by atoms with Crippen molar-refractivity contribution in [3.63, 3.8) is 0 Å². The highest BCUT2D eigenvalue weighted by Crippen LogP contribution is 2.73. The van der Waals surface area contributed by atoms with Gasteiger partial charge in [-0.3, -0.25) is 4.79 Å². The van der Waals surface area contributed by atoms with Crippen LogP contribution in [0, 0.1) is 45.3 Å². The second-order valence-electron chi connectivity index (χ2n) is 14.4. The van der Waals surface area contributed by atoms with Crippen molar-refractivity contribution in [3.05, 3.63) is 11.1 Å². The zero-order chi connectivity index (χ0) is 25.1. The van der Waals surface area contributed by atoms with Crippen LogP contribution in [0.3, 0.4) is 0 Å². The van der Waals surface area contributed by atoms with E-state index in [-0.39, 0.29) is 27.8 Å². The van der Waals surface area contributed by atoms with Gasteiger partial charge in [0.15, 0.2) is 0 Å². The first-order chi connectivity index (χ1) is 15.8. The van der Waals surface area contributed by atoms with Gasteiger partial charge in [0.2, 0.25) is 0 Å². The van der Waals surface area contributed by atoms with Gasteiger partial charge in [0, 0.05) is 5.41 Å². The van der Waals surface area contributed by atoms with Gasteiger partial charge in [-0.05, 0) is 91.3 Å². The summed E-state index contributed by atoms with van der Waals surface area (Å²) < 4.78 is 0. The molecule has 3 heteroatoms. The van der Waals surface area contributed by atoms with Crippen LogP contribution in [-0.2, 0) is 4.79 Å². The van der Waals surface area contributed by atoms with E-state index in [2.05, 4.69) is 48.5 Å². The minimum absolute atomic E-state index is 0.0740. The molecule has 0 aromatic rings. The zero-order valence-electron chi connectivity index (χ0n) is 23.2. The van der Waals surface area contributed by atoms with Crippen LogP contribution in [0.4, 0.5) is 0 Å². The maximum atomic E-state index is 12.4. The monoisotopic (exact) mass is 472 g/mol. The molecule has 0 aromatic carbocycles. The molecule has 1 unspecified atom stereocenters. The molecular formula is C31H52O3. The number of aliphatic hydroxyl groups excluding tert-OH is 1. The Morgan fingerprint density at radius 3 is 2.29 bits per heavy atom. The number of fused-ring (bicyclic) bond motifs is 4. The molecule has 4 aliphatic carbocycles.